The summed E-state index contributed by atoms with van der Waals surface area (Å²) in [5.41, 5.74) is 14.3. The van der Waals surface area contributed by atoms with Crippen LogP contribution in [0.1, 0.15) is 11.3 Å². The molecule has 0 saturated heterocycles. The van der Waals surface area contributed by atoms with E-state index in [0.717, 1.165) is 6.20 Å². The topological polar surface area (TPSA) is 133 Å². The molecule has 0 atom stereocenters. The summed E-state index contributed by atoms with van der Waals surface area (Å²) < 4.78 is 29.5. The summed E-state index contributed by atoms with van der Waals surface area (Å²) in [5.74, 6) is -1.05. The highest BCUT2D eigenvalue weighted by Gasteiger charge is 2.19. The van der Waals surface area contributed by atoms with Gasteiger partial charge in [-0.3, -0.25) is 0 Å². The van der Waals surface area contributed by atoms with Crippen LogP contribution in [-0.4, -0.2) is 24.7 Å². The van der Waals surface area contributed by atoms with Crippen molar-refractivity contribution >= 4 is 34.0 Å². The molecule has 0 saturated carbocycles. The normalized spacial score (nSPS) is 11.5. The third kappa shape index (κ3) is 4.01. The Hall–Kier alpha value is -4.80. The molecule has 0 spiro atoms. The van der Waals surface area contributed by atoms with Crippen LogP contribution in [0.15, 0.2) is 77.1 Å². The quantitative estimate of drug-likeness (QED) is 0.369. The molecule has 0 radical (unpaired) electrons. The maximum Gasteiger partial charge on any atom is 0.255 e. The molecule has 168 valence electrons. The van der Waals surface area contributed by atoms with Crippen molar-refractivity contribution < 1.29 is 8.78 Å². The van der Waals surface area contributed by atoms with Crippen LogP contribution in [0, 0.1) is 11.6 Å². The van der Waals surface area contributed by atoms with Gasteiger partial charge in [-0.05, 0) is 23.8 Å². The van der Waals surface area contributed by atoms with Gasteiger partial charge in [0.25, 0.3) is 5.95 Å². The monoisotopic (exact) mass is 457 g/mol. The second-order valence-electron chi connectivity index (χ2n) is 7.33. The first kappa shape index (κ1) is 21.1. The highest BCUT2D eigenvalue weighted by Crippen LogP contribution is 2.30. The SMILES string of the molecule is Nc1nc(-n2nc(Cc3ccccc3F)c3ncc(F)cc32)nc(N)c1/N=N/c1ccccc1. The van der Waals surface area contributed by atoms with Gasteiger partial charge in [-0.2, -0.15) is 24.9 Å². The number of hydrogen-bond acceptors (Lipinski definition) is 8. The van der Waals surface area contributed by atoms with Crippen LogP contribution in [0.5, 0.6) is 0 Å². The van der Waals surface area contributed by atoms with E-state index in [1.165, 1.54) is 16.8 Å². The third-order valence-electron chi connectivity index (χ3n) is 5.01. The van der Waals surface area contributed by atoms with Gasteiger partial charge in [-0.1, -0.05) is 36.4 Å². The predicted octanol–water partition coefficient (Wildman–Crippen LogP) is 4.66. The molecule has 0 aliphatic heterocycles. The lowest BCUT2D eigenvalue weighted by molar-refractivity contribution is 0.613. The van der Waals surface area contributed by atoms with Crippen molar-refractivity contribution in [3.8, 4) is 5.95 Å². The molecule has 0 fully saturated rings. The predicted molar refractivity (Wildman–Crippen MR) is 123 cm³/mol. The Morgan fingerprint density at radius 2 is 1.59 bits per heavy atom. The van der Waals surface area contributed by atoms with E-state index < -0.39 is 5.82 Å². The highest BCUT2D eigenvalue weighted by molar-refractivity contribution is 5.80. The minimum Gasteiger partial charge on any atom is -0.382 e. The summed E-state index contributed by atoms with van der Waals surface area (Å²) in [6.45, 7) is 0. The van der Waals surface area contributed by atoms with Crippen molar-refractivity contribution in [2.45, 2.75) is 6.42 Å². The number of nitrogens with zero attached hydrogens (tertiary/aromatic N) is 7. The number of nitrogens with two attached hydrogens (primary N) is 2. The standard InChI is InChI=1S/C23H17F2N9/c24-14-11-18-19(28-12-14)17(10-13-6-4-5-9-16(13)25)33-34(18)23-29-21(26)20(22(27)30-23)32-31-15-7-2-1-3-8-15/h1-9,11-12H,10H2,(H4,26,27,29,30)/b32-31+. The summed E-state index contributed by atoms with van der Waals surface area (Å²) in [6.07, 6.45) is 1.19. The van der Waals surface area contributed by atoms with Gasteiger partial charge in [0.05, 0.1) is 23.1 Å². The lowest BCUT2D eigenvalue weighted by Crippen LogP contribution is -2.08. The molecule has 34 heavy (non-hydrogen) atoms. The van der Waals surface area contributed by atoms with Gasteiger partial charge in [-0.15, -0.1) is 5.11 Å². The van der Waals surface area contributed by atoms with E-state index in [1.807, 2.05) is 18.2 Å². The fraction of sp³-hybridized carbons (Fsp3) is 0.0435. The van der Waals surface area contributed by atoms with Crippen LogP contribution < -0.4 is 11.5 Å². The largest absolute Gasteiger partial charge is 0.382 e. The number of azo groups is 1. The number of hydrogen-bond donors (Lipinski definition) is 2. The first-order chi connectivity index (χ1) is 16.5. The van der Waals surface area contributed by atoms with Gasteiger partial charge in [0.2, 0.25) is 0 Å². The smallest absolute Gasteiger partial charge is 0.255 e. The van der Waals surface area contributed by atoms with E-state index in [9.17, 15) is 8.78 Å². The number of aromatic nitrogens is 5. The van der Waals surface area contributed by atoms with Crippen molar-refractivity contribution in [1.82, 2.24) is 24.7 Å². The zero-order valence-electron chi connectivity index (χ0n) is 17.6. The lowest BCUT2D eigenvalue weighted by Gasteiger charge is -2.07. The van der Waals surface area contributed by atoms with Gasteiger partial charge in [0.1, 0.15) is 17.2 Å². The first-order valence-corrected chi connectivity index (χ1v) is 10.2. The lowest BCUT2D eigenvalue weighted by atomic mass is 10.1. The van der Waals surface area contributed by atoms with E-state index in [-0.39, 0.29) is 41.0 Å². The van der Waals surface area contributed by atoms with Crippen molar-refractivity contribution in [1.29, 1.82) is 0 Å². The zero-order chi connectivity index (χ0) is 23.7. The van der Waals surface area contributed by atoms with Gasteiger partial charge in [0, 0.05) is 12.5 Å². The van der Waals surface area contributed by atoms with Crippen LogP contribution in [0.3, 0.4) is 0 Å². The number of rotatable bonds is 5. The minimum absolute atomic E-state index is 0.00848. The Bertz CT molecular complexity index is 1510. The van der Waals surface area contributed by atoms with Gasteiger partial charge < -0.3 is 11.5 Å². The van der Waals surface area contributed by atoms with E-state index >= 15 is 0 Å². The maximum absolute atomic E-state index is 14.2. The van der Waals surface area contributed by atoms with Gasteiger partial charge >= 0.3 is 0 Å². The molecule has 0 bridgehead atoms. The molecular formula is C23H17F2N9. The summed E-state index contributed by atoms with van der Waals surface area (Å²) in [5, 5.41) is 12.6. The number of fused-ring (bicyclic) bond motifs is 1. The molecule has 5 rings (SSSR count). The van der Waals surface area contributed by atoms with E-state index in [1.54, 1.807) is 30.3 Å². The van der Waals surface area contributed by atoms with Gasteiger partial charge in [-0.25, -0.2) is 13.8 Å². The molecular weight excluding hydrogens is 440 g/mol. The molecule has 0 aliphatic rings. The Labute approximate surface area is 191 Å². The molecule has 3 aromatic heterocycles. The summed E-state index contributed by atoms with van der Waals surface area (Å²) >= 11 is 0. The average molecular weight is 457 g/mol. The number of halogens is 2. The first-order valence-electron chi connectivity index (χ1n) is 10.2. The maximum atomic E-state index is 14.2. The molecule has 0 unspecified atom stereocenters. The second-order valence-corrected chi connectivity index (χ2v) is 7.33. The van der Waals surface area contributed by atoms with Crippen LogP contribution in [0.25, 0.3) is 17.0 Å². The number of anilines is 2. The number of nitrogen functional groups attached to an aromatic ring is 2. The summed E-state index contributed by atoms with van der Waals surface area (Å²) in [6, 6.07) is 16.6. The third-order valence-corrected chi connectivity index (χ3v) is 5.01. The summed E-state index contributed by atoms with van der Waals surface area (Å²) in [4.78, 5) is 12.6. The molecule has 11 heteroatoms. The average Bonchev–Trinajstić information content (AvgIpc) is 3.18. The number of pyridine rings is 1. The van der Waals surface area contributed by atoms with Crippen LogP contribution in [0.2, 0.25) is 0 Å². The van der Waals surface area contributed by atoms with Crippen molar-refractivity contribution in [2.24, 2.45) is 10.2 Å². The van der Waals surface area contributed by atoms with E-state index in [4.69, 9.17) is 11.5 Å². The van der Waals surface area contributed by atoms with Crippen molar-refractivity contribution in [3.05, 3.63) is 89.8 Å². The highest BCUT2D eigenvalue weighted by atomic mass is 19.1. The van der Waals surface area contributed by atoms with E-state index in [2.05, 4.69) is 30.3 Å². The second kappa shape index (κ2) is 8.62. The Morgan fingerprint density at radius 3 is 2.32 bits per heavy atom. The summed E-state index contributed by atoms with van der Waals surface area (Å²) in [7, 11) is 0. The van der Waals surface area contributed by atoms with Gasteiger partial charge in [0.15, 0.2) is 17.3 Å². The molecule has 0 amide bonds. The fourth-order valence-electron chi connectivity index (χ4n) is 3.41. The Kier molecular flexibility index (Phi) is 5.34. The Morgan fingerprint density at radius 1 is 0.882 bits per heavy atom. The van der Waals surface area contributed by atoms with Crippen LogP contribution in [-0.2, 0) is 6.42 Å². The molecule has 2 aromatic carbocycles. The zero-order valence-corrected chi connectivity index (χ0v) is 17.6. The fourth-order valence-corrected chi connectivity index (χ4v) is 3.41. The van der Waals surface area contributed by atoms with Crippen molar-refractivity contribution in [2.75, 3.05) is 11.5 Å². The minimum atomic E-state index is -0.583. The molecule has 9 nitrogen and oxygen atoms in total. The molecule has 0 aliphatic carbocycles. The van der Waals surface area contributed by atoms with Crippen LogP contribution >= 0.6 is 0 Å². The molecule has 3 heterocycles. The molecule has 4 N–H and O–H groups in total. The van der Waals surface area contributed by atoms with Crippen molar-refractivity contribution in [3.63, 3.8) is 0 Å². The molecule has 5 aromatic rings. The number of benzene rings is 2. The Balaban J connectivity index is 1.58. The van der Waals surface area contributed by atoms with E-state index in [0.29, 0.717) is 22.5 Å². The van der Waals surface area contributed by atoms with Crippen LogP contribution in [0.4, 0.5) is 31.8 Å².